The number of carbonyl (C=O) groups excluding carboxylic acids is 1. The van der Waals surface area contributed by atoms with Crippen molar-refractivity contribution < 1.29 is 9.53 Å². The molecule has 3 heteroatoms. The lowest BCUT2D eigenvalue weighted by atomic mass is 9.75. The van der Waals surface area contributed by atoms with Gasteiger partial charge in [0.25, 0.3) is 0 Å². The normalized spacial score (nSPS) is 18.2. The van der Waals surface area contributed by atoms with Gasteiger partial charge in [-0.3, -0.25) is 0 Å². The second kappa shape index (κ2) is 6.97. The average molecular weight is 289 g/mol. The zero-order chi connectivity index (χ0) is 15.3. The van der Waals surface area contributed by atoms with Crippen molar-refractivity contribution >= 4 is 11.7 Å². The monoisotopic (exact) mass is 289 g/mol. The molecule has 0 aromatic heterocycles. The number of ether oxygens (including phenoxy) is 1. The molecule has 0 saturated heterocycles. The van der Waals surface area contributed by atoms with E-state index >= 15 is 0 Å². The molecule has 2 rings (SSSR count). The van der Waals surface area contributed by atoms with Crippen LogP contribution in [0, 0.1) is 5.41 Å². The first kappa shape index (κ1) is 15.9. The highest BCUT2D eigenvalue weighted by molar-refractivity contribution is 5.89. The Balaban J connectivity index is 1.86. The van der Waals surface area contributed by atoms with E-state index in [-0.39, 0.29) is 5.97 Å². The summed E-state index contributed by atoms with van der Waals surface area (Å²) in [6.07, 6.45) is 5.82. The van der Waals surface area contributed by atoms with Crippen LogP contribution in [0.2, 0.25) is 0 Å². The van der Waals surface area contributed by atoms with E-state index in [9.17, 15) is 4.79 Å². The van der Waals surface area contributed by atoms with Crippen molar-refractivity contribution in [3.63, 3.8) is 0 Å². The van der Waals surface area contributed by atoms with Crippen LogP contribution >= 0.6 is 0 Å². The molecule has 21 heavy (non-hydrogen) atoms. The minimum absolute atomic E-state index is 0.234. The van der Waals surface area contributed by atoms with Crippen molar-refractivity contribution in [1.29, 1.82) is 0 Å². The van der Waals surface area contributed by atoms with Gasteiger partial charge in [-0.1, -0.05) is 20.8 Å². The molecule has 1 aromatic rings. The van der Waals surface area contributed by atoms with Crippen molar-refractivity contribution in [3.05, 3.63) is 29.8 Å². The molecule has 3 nitrogen and oxygen atoms in total. The van der Waals surface area contributed by atoms with Gasteiger partial charge in [0.2, 0.25) is 0 Å². The van der Waals surface area contributed by atoms with Crippen LogP contribution in [0.1, 0.15) is 63.2 Å². The Morgan fingerprint density at radius 2 is 1.86 bits per heavy atom. The lowest BCUT2D eigenvalue weighted by molar-refractivity contribution is 0.0505. The molecule has 0 spiro atoms. The molecule has 0 radical (unpaired) electrons. The van der Waals surface area contributed by atoms with Gasteiger partial charge in [-0.05, 0) is 61.8 Å². The zero-order valence-corrected chi connectivity index (χ0v) is 13.4. The predicted molar refractivity (Wildman–Crippen MR) is 86.7 cm³/mol. The average Bonchev–Trinajstić information content (AvgIpc) is 2.48. The minimum Gasteiger partial charge on any atom is -0.462 e. The molecule has 0 heterocycles. The molecule has 1 fully saturated rings. The van der Waals surface area contributed by atoms with E-state index < -0.39 is 0 Å². The number of benzene rings is 1. The van der Waals surface area contributed by atoms with Crippen molar-refractivity contribution in [3.8, 4) is 0 Å². The second-order valence-corrected chi connectivity index (χ2v) is 6.80. The van der Waals surface area contributed by atoms with Gasteiger partial charge in [0.1, 0.15) is 0 Å². The van der Waals surface area contributed by atoms with E-state index in [0.717, 1.165) is 12.1 Å². The van der Waals surface area contributed by atoms with Crippen LogP contribution < -0.4 is 5.32 Å². The Morgan fingerprint density at radius 3 is 2.43 bits per heavy atom. The van der Waals surface area contributed by atoms with Gasteiger partial charge in [-0.15, -0.1) is 0 Å². The highest BCUT2D eigenvalue weighted by Gasteiger charge is 2.26. The SMILES string of the molecule is CCCOC(=O)c1ccc(NC2CCC(C)(C)CC2)cc1. The van der Waals surface area contributed by atoms with E-state index in [0.29, 0.717) is 23.6 Å². The first-order chi connectivity index (χ1) is 10.00. The maximum Gasteiger partial charge on any atom is 0.338 e. The summed E-state index contributed by atoms with van der Waals surface area (Å²) in [5.41, 5.74) is 2.20. The summed E-state index contributed by atoms with van der Waals surface area (Å²) in [6.45, 7) is 7.17. The summed E-state index contributed by atoms with van der Waals surface area (Å²) < 4.78 is 5.13. The molecule has 0 aliphatic heterocycles. The number of anilines is 1. The molecule has 0 bridgehead atoms. The van der Waals surface area contributed by atoms with Gasteiger partial charge in [0.05, 0.1) is 12.2 Å². The van der Waals surface area contributed by atoms with Crippen molar-refractivity contribution in [2.75, 3.05) is 11.9 Å². The van der Waals surface area contributed by atoms with Crippen LogP contribution in [0.25, 0.3) is 0 Å². The fraction of sp³-hybridized carbons (Fsp3) is 0.611. The molecule has 1 saturated carbocycles. The van der Waals surface area contributed by atoms with Crippen LogP contribution in [-0.4, -0.2) is 18.6 Å². The molecule has 0 atom stereocenters. The van der Waals surface area contributed by atoms with Gasteiger partial charge < -0.3 is 10.1 Å². The number of nitrogens with one attached hydrogen (secondary N) is 1. The summed E-state index contributed by atoms with van der Waals surface area (Å²) in [5, 5.41) is 3.58. The standard InChI is InChI=1S/C18H27NO2/c1-4-13-21-17(20)14-5-7-15(8-6-14)19-16-9-11-18(2,3)12-10-16/h5-8,16,19H,4,9-13H2,1-3H3. The number of carbonyl (C=O) groups is 1. The van der Waals surface area contributed by atoms with E-state index in [4.69, 9.17) is 4.74 Å². The molecular formula is C18H27NO2. The second-order valence-electron chi connectivity index (χ2n) is 6.80. The van der Waals surface area contributed by atoms with Gasteiger partial charge in [-0.25, -0.2) is 4.79 Å². The Kier molecular flexibility index (Phi) is 5.27. The Labute approximate surface area is 128 Å². The van der Waals surface area contributed by atoms with Crippen LogP contribution in [0.3, 0.4) is 0 Å². The maximum atomic E-state index is 11.7. The van der Waals surface area contributed by atoms with Crippen LogP contribution in [0.4, 0.5) is 5.69 Å². The Morgan fingerprint density at radius 1 is 1.24 bits per heavy atom. The van der Waals surface area contributed by atoms with Gasteiger partial charge in [-0.2, -0.15) is 0 Å². The number of esters is 1. The lowest BCUT2D eigenvalue weighted by Gasteiger charge is -2.35. The molecule has 0 amide bonds. The van der Waals surface area contributed by atoms with E-state index in [1.807, 2.05) is 31.2 Å². The molecular weight excluding hydrogens is 262 g/mol. The van der Waals surface area contributed by atoms with Gasteiger partial charge in [0, 0.05) is 11.7 Å². The van der Waals surface area contributed by atoms with E-state index in [1.54, 1.807) is 0 Å². The zero-order valence-electron chi connectivity index (χ0n) is 13.4. The lowest BCUT2D eigenvalue weighted by Crippen LogP contribution is -2.29. The van der Waals surface area contributed by atoms with Crippen LogP contribution in [0.15, 0.2) is 24.3 Å². The highest BCUT2D eigenvalue weighted by atomic mass is 16.5. The maximum absolute atomic E-state index is 11.7. The third-order valence-electron chi connectivity index (χ3n) is 4.27. The third kappa shape index (κ3) is 4.76. The predicted octanol–water partition coefficient (Wildman–Crippen LogP) is 4.63. The molecule has 1 aliphatic rings. The molecule has 0 unspecified atom stereocenters. The molecule has 1 aliphatic carbocycles. The summed E-state index contributed by atoms with van der Waals surface area (Å²) in [5.74, 6) is -0.234. The molecule has 1 aromatic carbocycles. The topological polar surface area (TPSA) is 38.3 Å². The fourth-order valence-electron chi connectivity index (χ4n) is 2.76. The first-order valence-electron chi connectivity index (χ1n) is 8.04. The fourth-order valence-corrected chi connectivity index (χ4v) is 2.76. The minimum atomic E-state index is -0.234. The van der Waals surface area contributed by atoms with Crippen molar-refractivity contribution in [1.82, 2.24) is 0 Å². The number of hydrogen-bond donors (Lipinski definition) is 1. The number of hydrogen-bond acceptors (Lipinski definition) is 3. The Bertz CT molecular complexity index is 455. The van der Waals surface area contributed by atoms with E-state index in [2.05, 4.69) is 19.2 Å². The smallest absolute Gasteiger partial charge is 0.338 e. The van der Waals surface area contributed by atoms with Gasteiger partial charge >= 0.3 is 5.97 Å². The van der Waals surface area contributed by atoms with Crippen LogP contribution in [-0.2, 0) is 4.74 Å². The largest absolute Gasteiger partial charge is 0.462 e. The summed E-state index contributed by atoms with van der Waals surface area (Å²) >= 11 is 0. The molecule has 116 valence electrons. The van der Waals surface area contributed by atoms with E-state index in [1.165, 1.54) is 25.7 Å². The number of rotatable bonds is 5. The van der Waals surface area contributed by atoms with Crippen molar-refractivity contribution in [2.24, 2.45) is 5.41 Å². The summed E-state index contributed by atoms with van der Waals surface area (Å²) in [7, 11) is 0. The summed E-state index contributed by atoms with van der Waals surface area (Å²) in [6, 6.07) is 8.18. The Hall–Kier alpha value is -1.51. The third-order valence-corrected chi connectivity index (χ3v) is 4.27. The molecule has 1 N–H and O–H groups in total. The van der Waals surface area contributed by atoms with Crippen molar-refractivity contribution in [2.45, 2.75) is 58.9 Å². The first-order valence-corrected chi connectivity index (χ1v) is 8.04. The van der Waals surface area contributed by atoms with Gasteiger partial charge in [0.15, 0.2) is 0 Å². The highest BCUT2D eigenvalue weighted by Crippen LogP contribution is 2.36. The van der Waals surface area contributed by atoms with Crippen LogP contribution in [0.5, 0.6) is 0 Å². The quantitative estimate of drug-likeness (QED) is 0.803. The summed E-state index contributed by atoms with van der Waals surface area (Å²) in [4.78, 5) is 11.7.